The van der Waals surface area contributed by atoms with E-state index in [0.717, 1.165) is 0 Å². The lowest BCUT2D eigenvalue weighted by Gasteiger charge is -1.59. The van der Waals surface area contributed by atoms with Crippen molar-refractivity contribution in [2.24, 2.45) is 5.11 Å². The summed E-state index contributed by atoms with van der Waals surface area (Å²) in [5, 5.41) is 3.09. The van der Waals surface area contributed by atoms with Crippen molar-refractivity contribution in [1.82, 2.24) is 0 Å². The third kappa shape index (κ3) is 4.79. The second kappa shape index (κ2) is 4.79. The molecule has 0 saturated carbocycles. The van der Waals surface area contributed by atoms with E-state index in [9.17, 15) is 0 Å². The van der Waals surface area contributed by atoms with Crippen LogP contribution in [0.25, 0.3) is 10.4 Å². The molecule has 0 N–H and O–H groups in total. The lowest BCUT2D eigenvalue weighted by molar-refractivity contribution is 1.51. The monoisotopic (exact) mass is 95.0 g/mol. The van der Waals surface area contributed by atoms with Crippen molar-refractivity contribution in [3.63, 3.8) is 0 Å². The first-order valence-corrected chi connectivity index (χ1v) is 1.73. The highest BCUT2D eigenvalue weighted by molar-refractivity contribution is 4.95. The van der Waals surface area contributed by atoms with Crippen molar-refractivity contribution in [2.45, 2.75) is 0 Å². The van der Waals surface area contributed by atoms with Gasteiger partial charge in [-0.25, -0.2) is 0 Å². The van der Waals surface area contributed by atoms with Crippen molar-refractivity contribution in [3.05, 3.63) is 35.4 Å². The summed E-state index contributed by atoms with van der Waals surface area (Å²) >= 11 is 0. The SMILES string of the molecule is C=C/C=C\N=[N+]=[N-]. The highest BCUT2D eigenvalue weighted by atomic mass is 15.1. The maximum atomic E-state index is 7.67. The zero-order chi connectivity index (χ0) is 5.54. The van der Waals surface area contributed by atoms with E-state index >= 15 is 0 Å². The van der Waals surface area contributed by atoms with Crippen molar-refractivity contribution in [1.29, 1.82) is 0 Å². The predicted octanol–water partition coefficient (Wildman–Crippen LogP) is 2.00. The number of hydrogen-bond donors (Lipinski definition) is 0. The Morgan fingerprint density at radius 1 is 1.71 bits per heavy atom. The Kier molecular flexibility index (Phi) is 3.96. The first-order valence-electron chi connectivity index (χ1n) is 1.73. The number of allylic oxidation sites excluding steroid dienone is 2. The molecule has 3 heteroatoms. The van der Waals surface area contributed by atoms with Crippen LogP contribution in [0.4, 0.5) is 0 Å². The molecule has 0 spiro atoms. The van der Waals surface area contributed by atoms with Gasteiger partial charge in [0, 0.05) is 11.1 Å². The van der Waals surface area contributed by atoms with Gasteiger partial charge < -0.3 is 0 Å². The summed E-state index contributed by atoms with van der Waals surface area (Å²) < 4.78 is 0. The molecule has 0 bridgehead atoms. The van der Waals surface area contributed by atoms with E-state index in [0.29, 0.717) is 0 Å². The number of rotatable bonds is 2. The fraction of sp³-hybridized carbons (Fsp3) is 0. The third-order valence-electron chi connectivity index (χ3n) is 0.340. The fourth-order valence-electron chi connectivity index (χ4n) is 0.129. The molecule has 0 aromatic carbocycles. The molecule has 0 atom stereocenters. The molecule has 0 aromatic heterocycles. The lowest BCUT2D eigenvalue weighted by Crippen LogP contribution is -1.38. The highest BCUT2D eigenvalue weighted by Crippen LogP contribution is 1.73. The first-order chi connectivity index (χ1) is 3.41. The molecular weight excluding hydrogens is 90.1 g/mol. The highest BCUT2D eigenvalue weighted by Gasteiger charge is 1.51. The molecule has 0 aliphatic heterocycles. The Bertz CT molecular complexity index is 119. The molecule has 0 unspecified atom stereocenters. The second-order valence-electron chi connectivity index (χ2n) is 0.782. The molecule has 36 valence electrons. The number of hydrogen-bond acceptors (Lipinski definition) is 1. The maximum absolute atomic E-state index is 7.67. The van der Waals surface area contributed by atoms with Gasteiger partial charge in [-0.3, -0.25) is 0 Å². The van der Waals surface area contributed by atoms with Gasteiger partial charge in [0.25, 0.3) is 0 Å². The van der Waals surface area contributed by atoms with Crippen molar-refractivity contribution in [2.75, 3.05) is 0 Å². The Hall–Kier alpha value is -1.21. The quantitative estimate of drug-likeness (QED) is 0.218. The summed E-state index contributed by atoms with van der Waals surface area (Å²) in [4.78, 5) is 2.46. The predicted molar refractivity (Wildman–Crippen MR) is 28.5 cm³/mol. The van der Waals surface area contributed by atoms with Crippen LogP contribution in [0.5, 0.6) is 0 Å². The second-order valence-corrected chi connectivity index (χ2v) is 0.782. The summed E-state index contributed by atoms with van der Waals surface area (Å²) in [6, 6.07) is 0. The average Bonchev–Trinajstić information content (AvgIpc) is 1.69. The van der Waals surface area contributed by atoms with E-state index in [4.69, 9.17) is 5.53 Å². The van der Waals surface area contributed by atoms with Crippen LogP contribution in [0.2, 0.25) is 0 Å². The standard InChI is InChI=1S/C4H5N3/c1-2-3-4-6-7-5/h2-4H,1H2/b4-3-. The van der Waals surface area contributed by atoms with E-state index in [1.807, 2.05) is 0 Å². The van der Waals surface area contributed by atoms with Crippen LogP contribution in [-0.4, -0.2) is 0 Å². The Morgan fingerprint density at radius 3 is 2.86 bits per heavy atom. The zero-order valence-corrected chi connectivity index (χ0v) is 3.78. The first kappa shape index (κ1) is 5.79. The molecule has 3 nitrogen and oxygen atoms in total. The number of nitrogens with zero attached hydrogens (tertiary/aromatic N) is 3. The van der Waals surface area contributed by atoms with Gasteiger partial charge in [0.05, 0.1) is 0 Å². The zero-order valence-electron chi connectivity index (χ0n) is 3.78. The van der Waals surface area contributed by atoms with Crippen LogP contribution in [-0.2, 0) is 0 Å². The molecule has 0 heterocycles. The van der Waals surface area contributed by atoms with Crippen LogP contribution in [0, 0.1) is 0 Å². The lowest BCUT2D eigenvalue weighted by atomic mass is 10.6. The van der Waals surface area contributed by atoms with E-state index in [1.165, 1.54) is 12.3 Å². The maximum Gasteiger partial charge on any atom is 0.00475 e. The van der Waals surface area contributed by atoms with E-state index in [1.54, 1.807) is 6.08 Å². The summed E-state index contributed by atoms with van der Waals surface area (Å²) in [5.74, 6) is 0. The summed E-state index contributed by atoms with van der Waals surface area (Å²) in [6.07, 6.45) is 4.42. The average molecular weight is 95.1 g/mol. The van der Waals surface area contributed by atoms with Gasteiger partial charge in [-0.2, -0.15) is 0 Å². The van der Waals surface area contributed by atoms with Gasteiger partial charge in [-0.1, -0.05) is 23.8 Å². The summed E-state index contributed by atoms with van der Waals surface area (Å²) in [6.45, 7) is 3.36. The Labute approximate surface area is 41.6 Å². The van der Waals surface area contributed by atoms with Gasteiger partial charge in [0.15, 0.2) is 0 Å². The van der Waals surface area contributed by atoms with Gasteiger partial charge in [0.2, 0.25) is 0 Å². The van der Waals surface area contributed by atoms with Crippen LogP contribution < -0.4 is 0 Å². The fourth-order valence-corrected chi connectivity index (χ4v) is 0.129. The molecule has 0 rings (SSSR count). The Morgan fingerprint density at radius 2 is 2.43 bits per heavy atom. The minimum absolute atomic E-state index is 1.33. The van der Waals surface area contributed by atoms with Gasteiger partial charge in [-0.05, 0) is 5.53 Å². The smallest absolute Gasteiger partial charge is 0.00475 e. The Balaban J connectivity index is 3.47. The minimum Gasteiger partial charge on any atom is -0.0991 e. The normalized spacial score (nSPS) is 8.00. The molecule has 0 fully saturated rings. The van der Waals surface area contributed by atoms with Crippen molar-refractivity contribution < 1.29 is 0 Å². The van der Waals surface area contributed by atoms with Crippen molar-refractivity contribution >= 4 is 0 Å². The molecule has 0 radical (unpaired) electrons. The van der Waals surface area contributed by atoms with Crippen molar-refractivity contribution in [3.8, 4) is 0 Å². The molecule has 0 aliphatic carbocycles. The summed E-state index contributed by atoms with van der Waals surface area (Å²) in [5.41, 5.74) is 7.67. The van der Waals surface area contributed by atoms with Gasteiger partial charge >= 0.3 is 0 Å². The molecule has 0 aliphatic rings. The van der Waals surface area contributed by atoms with Crippen LogP contribution in [0.3, 0.4) is 0 Å². The van der Waals surface area contributed by atoms with E-state index < -0.39 is 0 Å². The molecular formula is C4H5N3. The molecule has 0 aromatic rings. The van der Waals surface area contributed by atoms with Gasteiger partial charge in [-0.15, -0.1) is 0 Å². The van der Waals surface area contributed by atoms with E-state index in [2.05, 4.69) is 16.6 Å². The minimum atomic E-state index is 1.33. The topological polar surface area (TPSA) is 48.8 Å². The number of azide groups is 1. The van der Waals surface area contributed by atoms with Gasteiger partial charge in [0.1, 0.15) is 0 Å². The molecule has 0 amide bonds. The molecule has 0 saturated heterocycles. The van der Waals surface area contributed by atoms with Crippen LogP contribution in [0.1, 0.15) is 0 Å². The third-order valence-corrected chi connectivity index (χ3v) is 0.340. The summed E-state index contributed by atoms with van der Waals surface area (Å²) in [7, 11) is 0. The van der Waals surface area contributed by atoms with Crippen LogP contribution in [0.15, 0.2) is 30.0 Å². The van der Waals surface area contributed by atoms with E-state index in [-0.39, 0.29) is 0 Å². The molecule has 7 heavy (non-hydrogen) atoms. The van der Waals surface area contributed by atoms with Crippen LogP contribution >= 0.6 is 0 Å². The largest absolute Gasteiger partial charge is 0.0991 e.